The Morgan fingerprint density at radius 1 is 1.13 bits per heavy atom. The molecule has 1 unspecified atom stereocenters. The van der Waals surface area contributed by atoms with Crippen LogP contribution in [0.3, 0.4) is 0 Å². The number of carbonyl (C=O) groups is 1. The van der Waals surface area contributed by atoms with Crippen molar-refractivity contribution in [3.63, 3.8) is 0 Å². The van der Waals surface area contributed by atoms with Crippen molar-refractivity contribution in [1.29, 1.82) is 0 Å². The van der Waals surface area contributed by atoms with E-state index >= 15 is 0 Å². The Morgan fingerprint density at radius 2 is 1.60 bits per heavy atom. The SMILES string of the molecule is CC(C)(C)C(O)C(=O)C1CCCCCC1. The lowest BCUT2D eigenvalue weighted by atomic mass is 9.80. The van der Waals surface area contributed by atoms with Gasteiger partial charge in [-0.05, 0) is 18.3 Å². The fraction of sp³-hybridized carbons (Fsp3) is 0.923. The van der Waals surface area contributed by atoms with Crippen LogP contribution in [0, 0.1) is 11.3 Å². The summed E-state index contributed by atoms with van der Waals surface area (Å²) in [6.07, 6.45) is 5.95. The number of ketones is 1. The zero-order valence-electron chi connectivity index (χ0n) is 10.3. The topological polar surface area (TPSA) is 37.3 Å². The molecule has 1 atom stereocenters. The summed E-state index contributed by atoms with van der Waals surface area (Å²) in [6, 6.07) is 0. The predicted molar refractivity (Wildman–Crippen MR) is 61.7 cm³/mol. The number of carbonyl (C=O) groups excluding carboxylic acids is 1. The molecule has 1 fully saturated rings. The molecule has 0 aromatic rings. The molecule has 2 heteroatoms. The summed E-state index contributed by atoms with van der Waals surface area (Å²) in [5.41, 5.74) is -0.316. The largest absolute Gasteiger partial charge is 0.385 e. The maximum Gasteiger partial charge on any atom is 0.164 e. The fourth-order valence-corrected chi connectivity index (χ4v) is 2.21. The minimum atomic E-state index is -0.791. The fourth-order valence-electron chi connectivity index (χ4n) is 2.21. The summed E-state index contributed by atoms with van der Waals surface area (Å²) in [7, 11) is 0. The molecule has 15 heavy (non-hydrogen) atoms. The summed E-state index contributed by atoms with van der Waals surface area (Å²) in [6.45, 7) is 5.77. The zero-order chi connectivity index (χ0) is 11.5. The highest BCUT2D eigenvalue weighted by molar-refractivity contribution is 5.85. The third kappa shape index (κ3) is 3.60. The van der Waals surface area contributed by atoms with Gasteiger partial charge in [0.15, 0.2) is 5.78 Å². The highest BCUT2D eigenvalue weighted by atomic mass is 16.3. The molecular formula is C13H24O2. The molecule has 88 valence electrons. The van der Waals surface area contributed by atoms with Crippen molar-refractivity contribution in [2.24, 2.45) is 11.3 Å². The Balaban J connectivity index is 2.58. The lowest BCUT2D eigenvalue weighted by Gasteiger charge is -2.27. The standard InChI is InChI=1S/C13H24O2/c1-13(2,3)12(15)11(14)10-8-6-4-5-7-9-10/h10,12,15H,4-9H2,1-3H3. The van der Waals surface area contributed by atoms with Crippen LogP contribution in [-0.4, -0.2) is 17.0 Å². The average molecular weight is 212 g/mol. The van der Waals surface area contributed by atoms with Crippen LogP contribution in [0.2, 0.25) is 0 Å². The molecule has 2 nitrogen and oxygen atoms in total. The van der Waals surface area contributed by atoms with Crippen LogP contribution in [0.5, 0.6) is 0 Å². The molecule has 0 heterocycles. The Labute approximate surface area is 93.1 Å². The van der Waals surface area contributed by atoms with Gasteiger partial charge in [0.2, 0.25) is 0 Å². The second kappa shape index (κ2) is 5.11. The quantitative estimate of drug-likeness (QED) is 0.715. The van der Waals surface area contributed by atoms with Gasteiger partial charge in [-0.3, -0.25) is 4.79 Å². The van der Waals surface area contributed by atoms with Gasteiger partial charge in [0.05, 0.1) is 0 Å². The van der Waals surface area contributed by atoms with Gasteiger partial charge in [-0.25, -0.2) is 0 Å². The summed E-state index contributed by atoms with van der Waals surface area (Å²) >= 11 is 0. The molecule has 0 saturated heterocycles. The van der Waals surface area contributed by atoms with E-state index < -0.39 is 6.10 Å². The summed E-state index contributed by atoms with van der Waals surface area (Å²) < 4.78 is 0. The Bertz CT molecular complexity index is 207. The Morgan fingerprint density at radius 3 is 2.00 bits per heavy atom. The predicted octanol–water partition coefficient (Wildman–Crippen LogP) is 2.93. The maximum absolute atomic E-state index is 12.0. The van der Waals surface area contributed by atoms with Crippen LogP contribution in [0.15, 0.2) is 0 Å². The van der Waals surface area contributed by atoms with Gasteiger partial charge in [0, 0.05) is 5.92 Å². The molecular weight excluding hydrogens is 188 g/mol. The molecule has 0 aliphatic heterocycles. The molecule has 0 bridgehead atoms. The smallest absolute Gasteiger partial charge is 0.164 e. The van der Waals surface area contributed by atoms with Gasteiger partial charge in [-0.15, -0.1) is 0 Å². The first-order valence-corrected chi connectivity index (χ1v) is 6.14. The molecule has 1 rings (SSSR count). The molecule has 0 aromatic heterocycles. The number of hydrogen-bond acceptors (Lipinski definition) is 2. The monoisotopic (exact) mass is 212 g/mol. The van der Waals surface area contributed by atoms with Crippen LogP contribution in [0.1, 0.15) is 59.3 Å². The van der Waals surface area contributed by atoms with Crippen LogP contribution in [0.25, 0.3) is 0 Å². The van der Waals surface area contributed by atoms with Crippen molar-refractivity contribution in [2.45, 2.75) is 65.4 Å². The molecule has 0 amide bonds. The molecule has 0 spiro atoms. The normalized spacial score (nSPS) is 22.1. The van der Waals surface area contributed by atoms with E-state index in [2.05, 4.69) is 0 Å². The number of aliphatic hydroxyl groups excluding tert-OH is 1. The van der Waals surface area contributed by atoms with E-state index in [0.717, 1.165) is 25.7 Å². The maximum atomic E-state index is 12.0. The summed E-state index contributed by atoms with van der Waals surface area (Å²) in [5.74, 6) is 0.186. The van der Waals surface area contributed by atoms with E-state index in [1.165, 1.54) is 12.8 Å². The van der Waals surface area contributed by atoms with Gasteiger partial charge >= 0.3 is 0 Å². The van der Waals surface area contributed by atoms with Crippen molar-refractivity contribution in [3.8, 4) is 0 Å². The molecule has 0 radical (unpaired) electrons. The Hall–Kier alpha value is -0.370. The van der Waals surface area contributed by atoms with Gasteiger partial charge in [0.25, 0.3) is 0 Å². The third-order valence-electron chi connectivity index (χ3n) is 3.35. The average Bonchev–Trinajstić information content (AvgIpc) is 2.42. The van der Waals surface area contributed by atoms with Gasteiger partial charge in [-0.2, -0.15) is 0 Å². The highest BCUT2D eigenvalue weighted by Gasteiger charge is 2.33. The van der Waals surface area contributed by atoms with Crippen LogP contribution < -0.4 is 0 Å². The van der Waals surface area contributed by atoms with Crippen molar-refractivity contribution >= 4 is 5.78 Å². The summed E-state index contributed by atoms with van der Waals surface area (Å²) in [4.78, 5) is 12.0. The number of rotatable bonds is 2. The number of aliphatic hydroxyl groups is 1. The molecule has 1 saturated carbocycles. The van der Waals surface area contributed by atoms with Crippen LogP contribution in [0.4, 0.5) is 0 Å². The van der Waals surface area contributed by atoms with E-state index in [-0.39, 0.29) is 17.1 Å². The van der Waals surface area contributed by atoms with Crippen molar-refractivity contribution in [1.82, 2.24) is 0 Å². The van der Waals surface area contributed by atoms with Gasteiger partial charge < -0.3 is 5.11 Å². The first-order valence-electron chi connectivity index (χ1n) is 6.14. The second-order valence-corrected chi connectivity index (χ2v) is 5.86. The zero-order valence-corrected chi connectivity index (χ0v) is 10.3. The van der Waals surface area contributed by atoms with E-state index in [4.69, 9.17) is 0 Å². The van der Waals surface area contributed by atoms with Crippen molar-refractivity contribution in [2.75, 3.05) is 0 Å². The molecule has 1 aliphatic rings. The Kier molecular flexibility index (Phi) is 4.32. The second-order valence-electron chi connectivity index (χ2n) is 5.86. The minimum absolute atomic E-state index is 0.0735. The molecule has 1 N–H and O–H groups in total. The molecule has 1 aliphatic carbocycles. The lowest BCUT2D eigenvalue weighted by Crippen LogP contribution is -2.38. The first-order chi connectivity index (χ1) is 6.93. The lowest BCUT2D eigenvalue weighted by molar-refractivity contribution is -0.136. The summed E-state index contributed by atoms with van der Waals surface area (Å²) in [5, 5.41) is 9.95. The van der Waals surface area contributed by atoms with Crippen molar-refractivity contribution < 1.29 is 9.90 Å². The third-order valence-corrected chi connectivity index (χ3v) is 3.35. The van der Waals surface area contributed by atoms with Crippen molar-refractivity contribution in [3.05, 3.63) is 0 Å². The van der Waals surface area contributed by atoms with E-state index in [0.29, 0.717) is 0 Å². The molecule has 0 aromatic carbocycles. The van der Waals surface area contributed by atoms with E-state index in [1.807, 2.05) is 20.8 Å². The number of hydrogen-bond donors (Lipinski definition) is 1. The first kappa shape index (κ1) is 12.7. The number of Topliss-reactive ketones (excluding diaryl/α,β-unsaturated/α-hetero) is 1. The van der Waals surface area contributed by atoms with E-state index in [9.17, 15) is 9.90 Å². The van der Waals surface area contributed by atoms with Gasteiger partial charge in [-0.1, -0.05) is 46.5 Å². The van der Waals surface area contributed by atoms with E-state index in [1.54, 1.807) is 0 Å². The van der Waals surface area contributed by atoms with Crippen LogP contribution >= 0.6 is 0 Å². The highest BCUT2D eigenvalue weighted by Crippen LogP contribution is 2.29. The van der Waals surface area contributed by atoms with Gasteiger partial charge in [0.1, 0.15) is 6.10 Å². The van der Waals surface area contributed by atoms with Crippen LogP contribution in [-0.2, 0) is 4.79 Å². The minimum Gasteiger partial charge on any atom is -0.385 e.